The largest absolute Gasteiger partial charge is 0.496 e. The fraction of sp³-hybridized carbons (Fsp3) is 0.250. The zero-order valence-electron chi connectivity index (χ0n) is 17.7. The van der Waals surface area contributed by atoms with Crippen molar-refractivity contribution in [2.45, 2.75) is 26.3 Å². The molecule has 0 amide bonds. The van der Waals surface area contributed by atoms with Crippen molar-refractivity contribution in [3.8, 4) is 5.75 Å². The molecular formula is C24H25N5O2. The third-order valence-electron chi connectivity index (χ3n) is 5.09. The van der Waals surface area contributed by atoms with Crippen LogP contribution in [0.3, 0.4) is 0 Å². The highest BCUT2D eigenvalue weighted by Crippen LogP contribution is 2.19. The highest BCUT2D eigenvalue weighted by molar-refractivity contribution is 5.80. The van der Waals surface area contributed by atoms with Crippen LogP contribution in [0, 0.1) is 6.92 Å². The number of fused-ring (bicyclic) bond motifs is 1. The summed E-state index contributed by atoms with van der Waals surface area (Å²) in [6, 6.07) is 17.4. The molecule has 0 fully saturated rings. The number of nitrogens with zero attached hydrogens (tertiary/aromatic N) is 4. The van der Waals surface area contributed by atoms with Gasteiger partial charge in [0.2, 0.25) is 0 Å². The lowest BCUT2D eigenvalue weighted by Gasteiger charge is -2.11. The average molecular weight is 415 g/mol. The number of hydrogen-bond donors (Lipinski definition) is 1. The van der Waals surface area contributed by atoms with Gasteiger partial charge >= 0.3 is 0 Å². The van der Waals surface area contributed by atoms with E-state index in [1.54, 1.807) is 13.3 Å². The number of benzene rings is 2. The second kappa shape index (κ2) is 9.38. The van der Waals surface area contributed by atoms with Gasteiger partial charge in [0, 0.05) is 18.0 Å². The summed E-state index contributed by atoms with van der Waals surface area (Å²) in [6.45, 7) is 2.91. The summed E-state index contributed by atoms with van der Waals surface area (Å²) < 4.78 is 6.85. The van der Waals surface area contributed by atoms with E-state index < -0.39 is 0 Å². The van der Waals surface area contributed by atoms with Crippen molar-refractivity contribution in [2.24, 2.45) is 0 Å². The van der Waals surface area contributed by atoms with Crippen molar-refractivity contribution in [1.29, 1.82) is 0 Å². The van der Waals surface area contributed by atoms with E-state index in [-0.39, 0.29) is 5.56 Å². The molecule has 2 aromatic heterocycles. The molecular weight excluding hydrogens is 390 g/mol. The van der Waals surface area contributed by atoms with Crippen LogP contribution < -0.4 is 15.6 Å². The van der Waals surface area contributed by atoms with E-state index >= 15 is 0 Å². The first kappa shape index (κ1) is 20.5. The van der Waals surface area contributed by atoms with Crippen molar-refractivity contribution in [3.63, 3.8) is 0 Å². The van der Waals surface area contributed by atoms with Crippen molar-refractivity contribution in [1.82, 2.24) is 19.7 Å². The maximum Gasteiger partial charge on any atom is 0.274 e. The lowest BCUT2D eigenvalue weighted by Crippen LogP contribution is -2.24. The molecule has 0 saturated heterocycles. The number of rotatable bonds is 8. The zero-order chi connectivity index (χ0) is 21.6. The number of aromatic nitrogens is 4. The number of para-hydroxylation sites is 1. The third-order valence-corrected chi connectivity index (χ3v) is 5.09. The number of hydrogen-bond acceptors (Lipinski definition) is 6. The fourth-order valence-electron chi connectivity index (χ4n) is 3.60. The van der Waals surface area contributed by atoms with E-state index in [1.807, 2.05) is 55.5 Å². The quantitative estimate of drug-likeness (QED) is 0.443. The van der Waals surface area contributed by atoms with Gasteiger partial charge in [0.05, 0.1) is 30.9 Å². The second-order valence-corrected chi connectivity index (χ2v) is 7.33. The SMILES string of the molecule is COc1ccccc1CCCNc1cc(Cn2ncc3ccccc3c2=O)nc(C)n1. The molecule has 0 radical (unpaired) electrons. The van der Waals surface area contributed by atoms with Crippen LogP contribution in [0.25, 0.3) is 10.8 Å². The molecule has 7 heteroatoms. The minimum Gasteiger partial charge on any atom is -0.496 e. The van der Waals surface area contributed by atoms with E-state index in [2.05, 4.69) is 26.4 Å². The van der Waals surface area contributed by atoms with Gasteiger partial charge in [-0.1, -0.05) is 36.4 Å². The minimum atomic E-state index is -0.124. The van der Waals surface area contributed by atoms with E-state index in [0.717, 1.165) is 42.0 Å². The summed E-state index contributed by atoms with van der Waals surface area (Å²) >= 11 is 0. The average Bonchev–Trinajstić information content (AvgIpc) is 2.79. The lowest BCUT2D eigenvalue weighted by atomic mass is 10.1. The molecule has 0 aliphatic heterocycles. The van der Waals surface area contributed by atoms with Crippen molar-refractivity contribution < 1.29 is 4.74 Å². The van der Waals surface area contributed by atoms with Crippen LogP contribution in [-0.4, -0.2) is 33.4 Å². The first-order chi connectivity index (χ1) is 15.1. The molecule has 0 aliphatic rings. The zero-order valence-corrected chi connectivity index (χ0v) is 17.7. The van der Waals surface area contributed by atoms with Crippen LogP contribution in [0.1, 0.15) is 23.5 Å². The Hall–Kier alpha value is -3.74. The van der Waals surface area contributed by atoms with Crippen LogP contribution in [0.15, 0.2) is 65.6 Å². The Balaban J connectivity index is 1.43. The number of nitrogens with one attached hydrogen (secondary N) is 1. The number of methoxy groups -OCH3 is 1. The molecule has 4 aromatic rings. The summed E-state index contributed by atoms with van der Waals surface area (Å²) in [5.41, 5.74) is 1.80. The van der Waals surface area contributed by atoms with Crippen molar-refractivity contribution in [3.05, 3.63) is 88.2 Å². The Bertz CT molecular complexity index is 1250. The van der Waals surface area contributed by atoms with Gasteiger partial charge in [0.15, 0.2) is 0 Å². The summed E-state index contributed by atoms with van der Waals surface area (Å²) in [4.78, 5) is 21.7. The molecule has 0 spiro atoms. The Labute approximate surface area is 180 Å². The Morgan fingerprint density at radius 2 is 1.87 bits per heavy atom. The standard InChI is InChI=1S/C24H25N5O2/c1-17-27-20(16-29-24(30)21-11-5-3-9-19(21)15-26-29)14-23(28-17)25-13-7-10-18-8-4-6-12-22(18)31-2/h3-6,8-9,11-12,14-15H,7,10,13,16H2,1-2H3,(H,25,27,28). The van der Waals surface area contributed by atoms with Gasteiger partial charge in [-0.3, -0.25) is 4.79 Å². The molecule has 0 saturated carbocycles. The topological polar surface area (TPSA) is 81.9 Å². The van der Waals surface area contributed by atoms with E-state index in [9.17, 15) is 4.79 Å². The predicted molar refractivity (Wildman–Crippen MR) is 122 cm³/mol. The highest BCUT2D eigenvalue weighted by atomic mass is 16.5. The van der Waals surface area contributed by atoms with Crippen LogP contribution >= 0.6 is 0 Å². The van der Waals surface area contributed by atoms with Gasteiger partial charge in [-0.25, -0.2) is 14.6 Å². The maximum atomic E-state index is 12.7. The molecule has 2 heterocycles. The van der Waals surface area contributed by atoms with Crippen molar-refractivity contribution in [2.75, 3.05) is 19.0 Å². The molecule has 0 bridgehead atoms. The van der Waals surface area contributed by atoms with E-state index in [1.165, 1.54) is 10.2 Å². The van der Waals surface area contributed by atoms with E-state index in [4.69, 9.17) is 4.74 Å². The minimum absolute atomic E-state index is 0.124. The van der Waals surface area contributed by atoms with Crippen molar-refractivity contribution >= 4 is 16.6 Å². The maximum absolute atomic E-state index is 12.7. The van der Waals surface area contributed by atoms with Gasteiger partial charge in [0.1, 0.15) is 17.4 Å². The summed E-state index contributed by atoms with van der Waals surface area (Å²) in [5.74, 6) is 2.31. The molecule has 158 valence electrons. The monoisotopic (exact) mass is 415 g/mol. The van der Waals surface area contributed by atoms with Crippen LogP contribution in [0.5, 0.6) is 5.75 Å². The summed E-state index contributed by atoms with van der Waals surface area (Å²) in [6.07, 6.45) is 3.55. The van der Waals surface area contributed by atoms with Gasteiger partial charge < -0.3 is 10.1 Å². The normalized spacial score (nSPS) is 10.9. The van der Waals surface area contributed by atoms with E-state index in [0.29, 0.717) is 17.8 Å². The van der Waals surface area contributed by atoms with Gasteiger partial charge in [0.25, 0.3) is 5.56 Å². The van der Waals surface area contributed by atoms with Crippen LogP contribution in [0.2, 0.25) is 0 Å². The number of anilines is 1. The molecule has 1 N–H and O–H groups in total. The second-order valence-electron chi connectivity index (χ2n) is 7.33. The molecule has 4 rings (SSSR count). The number of aryl methyl sites for hydroxylation is 2. The van der Waals surface area contributed by atoms with Crippen LogP contribution in [0.4, 0.5) is 5.82 Å². The fourth-order valence-corrected chi connectivity index (χ4v) is 3.60. The van der Waals surface area contributed by atoms with Gasteiger partial charge in [-0.15, -0.1) is 0 Å². The first-order valence-electron chi connectivity index (χ1n) is 10.3. The molecule has 2 aromatic carbocycles. The molecule has 31 heavy (non-hydrogen) atoms. The summed E-state index contributed by atoms with van der Waals surface area (Å²) in [7, 11) is 1.69. The lowest BCUT2D eigenvalue weighted by molar-refractivity contribution is 0.409. The van der Waals surface area contributed by atoms with Gasteiger partial charge in [-0.2, -0.15) is 5.10 Å². The first-order valence-corrected chi connectivity index (χ1v) is 10.3. The van der Waals surface area contributed by atoms with Gasteiger partial charge in [-0.05, 0) is 37.5 Å². The third kappa shape index (κ3) is 4.88. The molecule has 0 atom stereocenters. The highest BCUT2D eigenvalue weighted by Gasteiger charge is 2.08. The Kier molecular flexibility index (Phi) is 6.21. The smallest absolute Gasteiger partial charge is 0.274 e. The Morgan fingerprint density at radius 1 is 1.06 bits per heavy atom. The Morgan fingerprint density at radius 3 is 2.74 bits per heavy atom. The molecule has 7 nitrogen and oxygen atoms in total. The summed E-state index contributed by atoms with van der Waals surface area (Å²) in [5, 5.41) is 9.15. The molecule has 0 aliphatic carbocycles. The number of ether oxygens (including phenoxy) is 1. The van der Waals surface area contributed by atoms with Crippen LogP contribution in [-0.2, 0) is 13.0 Å². The predicted octanol–water partition coefficient (Wildman–Crippen LogP) is 3.60. The molecule has 0 unspecified atom stereocenters.